The van der Waals surface area contributed by atoms with Gasteiger partial charge in [-0.25, -0.2) is 4.68 Å². The van der Waals surface area contributed by atoms with Crippen LogP contribution in [0.15, 0.2) is 24.4 Å². The Morgan fingerprint density at radius 3 is 2.53 bits per heavy atom. The SMILES string of the molecule is Cl.NCc1cn(-c2ccc(Cl)cc2C(F)(F)F)nn1. The fourth-order valence-electron chi connectivity index (χ4n) is 1.44. The summed E-state index contributed by atoms with van der Waals surface area (Å²) in [6.07, 6.45) is -3.17. The van der Waals surface area contributed by atoms with Crippen LogP contribution >= 0.6 is 24.0 Å². The molecule has 4 nitrogen and oxygen atoms in total. The summed E-state index contributed by atoms with van der Waals surface area (Å²) in [4.78, 5) is 0. The second-order valence-corrected chi connectivity index (χ2v) is 3.95. The second-order valence-electron chi connectivity index (χ2n) is 3.52. The molecule has 2 N–H and O–H groups in total. The van der Waals surface area contributed by atoms with Gasteiger partial charge in [-0.05, 0) is 18.2 Å². The highest BCUT2D eigenvalue weighted by Crippen LogP contribution is 2.35. The van der Waals surface area contributed by atoms with Crippen LogP contribution in [-0.4, -0.2) is 15.0 Å². The van der Waals surface area contributed by atoms with E-state index in [1.165, 1.54) is 18.3 Å². The number of alkyl halides is 3. The molecule has 104 valence electrons. The number of halogens is 5. The van der Waals surface area contributed by atoms with Gasteiger partial charge in [0, 0.05) is 11.6 Å². The number of nitrogens with two attached hydrogens (primary N) is 1. The van der Waals surface area contributed by atoms with Crippen LogP contribution in [0.5, 0.6) is 0 Å². The van der Waals surface area contributed by atoms with Crippen molar-refractivity contribution in [3.05, 3.63) is 40.7 Å². The van der Waals surface area contributed by atoms with Gasteiger partial charge in [-0.3, -0.25) is 0 Å². The number of rotatable bonds is 2. The molecule has 1 aromatic heterocycles. The van der Waals surface area contributed by atoms with Gasteiger partial charge in [0.1, 0.15) is 0 Å². The molecule has 0 amide bonds. The summed E-state index contributed by atoms with van der Waals surface area (Å²) in [6, 6.07) is 3.44. The highest BCUT2D eigenvalue weighted by Gasteiger charge is 2.34. The molecule has 9 heteroatoms. The highest BCUT2D eigenvalue weighted by molar-refractivity contribution is 6.30. The van der Waals surface area contributed by atoms with E-state index in [0.29, 0.717) is 5.69 Å². The molecule has 0 unspecified atom stereocenters. The third-order valence-electron chi connectivity index (χ3n) is 2.26. The first-order valence-electron chi connectivity index (χ1n) is 4.90. The highest BCUT2D eigenvalue weighted by atomic mass is 35.5. The number of hydrogen-bond acceptors (Lipinski definition) is 3. The molecule has 0 aliphatic rings. The lowest BCUT2D eigenvalue weighted by Gasteiger charge is -2.12. The van der Waals surface area contributed by atoms with Gasteiger partial charge >= 0.3 is 6.18 Å². The molecule has 2 rings (SSSR count). The third kappa shape index (κ3) is 3.37. The van der Waals surface area contributed by atoms with Crippen molar-refractivity contribution in [1.82, 2.24) is 15.0 Å². The number of nitrogens with zero attached hydrogens (tertiary/aromatic N) is 3. The van der Waals surface area contributed by atoms with Gasteiger partial charge in [-0.1, -0.05) is 16.8 Å². The van der Waals surface area contributed by atoms with E-state index in [9.17, 15) is 13.2 Å². The van der Waals surface area contributed by atoms with Gasteiger partial charge in [0.25, 0.3) is 0 Å². The summed E-state index contributed by atoms with van der Waals surface area (Å²) >= 11 is 5.58. The Bertz CT molecular complexity index is 568. The first-order valence-corrected chi connectivity index (χ1v) is 5.28. The molecule has 0 saturated carbocycles. The quantitative estimate of drug-likeness (QED) is 0.927. The van der Waals surface area contributed by atoms with Crippen molar-refractivity contribution in [3.8, 4) is 5.69 Å². The van der Waals surface area contributed by atoms with Gasteiger partial charge in [-0.15, -0.1) is 17.5 Å². The molecule has 0 spiro atoms. The van der Waals surface area contributed by atoms with Crippen LogP contribution in [0, 0.1) is 0 Å². The van der Waals surface area contributed by atoms with Crippen molar-refractivity contribution < 1.29 is 13.2 Å². The monoisotopic (exact) mass is 312 g/mol. The van der Waals surface area contributed by atoms with Gasteiger partial charge in [0.05, 0.1) is 23.1 Å². The molecule has 0 saturated heterocycles. The van der Waals surface area contributed by atoms with Crippen molar-refractivity contribution in [3.63, 3.8) is 0 Å². The predicted octanol–water partition coefficient (Wildman–Crippen LogP) is 2.82. The molecule has 0 bridgehead atoms. The zero-order valence-corrected chi connectivity index (χ0v) is 10.9. The fourth-order valence-corrected chi connectivity index (χ4v) is 1.62. The average Bonchev–Trinajstić information content (AvgIpc) is 2.76. The van der Waals surface area contributed by atoms with Crippen LogP contribution in [0.1, 0.15) is 11.3 Å². The molecule has 0 aliphatic heterocycles. The molecular formula is C10H9Cl2F3N4. The first-order chi connectivity index (χ1) is 8.41. The third-order valence-corrected chi connectivity index (χ3v) is 2.50. The minimum absolute atomic E-state index is 0. The summed E-state index contributed by atoms with van der Waals surface area (Å²) in [5.74, 6) is 0. The van der Waals surface area contributed by atoms with Gasteiger partial charge in [0.15, 0.2) is 0 Å². The lowest BCUT2D eigenvalue weighted by atomic mass is 10.1. The van der Waals surface area contributed by atoms with Crippen LogP contribution in [0.2, 0.25) is 5.02 Å². The largest absolute Gasteiger partial charge is 0.418 e. The van der Waals surface area contributed by atoms with Crippen molar-refractivity contribution in [2.45, 2.75) is 12.7 Å². The Hall–Kier alpha value is -1.31. The van der Waals surface area contributed by atoms with E-state index in [-0.39, 0.29) is 29.7 Å². The van der Waals surface area contributed by atoms with E-state index in [1.807, 2.05) is 0 Å². The maximum absolute atomic E-state index is 12.9. The Labute approximate surface area is 117 Å². The Kier molecular flexibility index (Phi) is 4.78. The van der Waals surface area contributed by atoms with E-state index in [4.69, 9.17) is 17.3 Å². The van der Waals surface area contributed by atoms with E-state index >= 15 is 0 Å². The van der Waals surface area contributed by atoms with Crippen molar-refractivity contribution >= 4 is 24.0 Å². The summed E-state index contributed by atoms with van der Waals surface area (Å²) in [5, 5.41) is 7.25. The van der Waals surface area contributed by atoms with Crippen LogP contribution in [-0.2, 0) is 12.7 Å². The molecule has 19 heavy (non-hydrogen) atoms. The average molecular weight is 313 g/mol. The lowest BCUT2D eigenvalue weighted by Crippen LogP contribution is -2.11. The molecule has 1 heterocycles. The van der Waals surface area contributed by atoms with Crippen molar-refractivity contribution in [2.24, 2.45) is 5.73 Å². The van der Waals surface area contributed by atoms with E-state index < -0.39 is 11.7 Å². The van der Waals surface area contributed by atoms with Crippen LogP contribution in [0.3, 0.4) is 0 Å². The summed E-state index contributed by atoms with van der Waals surface area (Å²) in [5.41, 5.74) is 4.72. The van der Waals surface area contributed by atoms with Crippen molar-refractivity contribution in [2.75, 3.05) is 0 Å². The maximum atomic E-state index is 12.9. The van der Waals surface area contributed by atoms with Crippen LogP contribution < -0.4 is 5.73 Å². The number of aromatic nitrogens is 3. The minimum atomic E-state index is -4.52. The standard InChI is InChI=1S/C10H8ClF3N4.ClH/c11-6-1-2-9(8(3-6)10(12,13)14)18-5-7(4-15)16-17-18;/h1-3,5H,4,15H2;1H. The zero-order valence-electron chi connectivity index (χ0n) is 9.36. The number of hydrogen-bond donors (Lipinski definition) is 1. The Morgan fingerprint density at radius 1 is 1.32 bits per heavy atom. The first kappa shape index (κ1) is 15.7. The zero-order chi connectivity index (χ0) is 13.3. The van der Waals surface area contributed by atoms with Gasteiger partial charge in [0.2, 0.25) is 0 Å². The normalized spacial score (nSPS) is 11.2. The maximum Gasteiger partial charge on any atom is 0.418 e. The Balaban J connectivity index is 0.00000180. The van der Waals surface area contributed by atoms with Crippen LogP contribution in [0.25, 0.3) is 5.69 Å². The second kappa shape index (κ2) is 5.77. The molecule has 2 aromatic rings. The van der Waals surface area contributed by atoms with E-state index in [0.717, 1.165) is 10.7 Å². The molecular weight excluding hydrogens is 304 g/mol. The molecule has 0 radical (unpaired) electrons. The van der Waals surface area contributed by atoms with Gasteiger partial charge in [-0.2, -0.15) is 13.2 Å². The smallest absolute Gasteiger partial charge is 0.325 e. The summed E-state index contributed by atoms with van der Waals surface area (Å²) in [6.45, 7) is 0.106. The Morgan fingerprint density at radius 2 is 2.00 bits per heavy atom. The van der Waals surface area contributed by atoms with E-state index in [2.05, 4.69) is 10.3 Å². The fraction of sp³-hybridized carbons (Fsp3) is 0.200. The summed E-state index contributed by atoms with van der Waals surface area (Å²) < 4.78 is 39.6. The molecule has 1 aromatic carbocycles. The van der Waals surface area contributed by atoms with Crippen LogP contribution in [0.4, 0.5) is 13.2 Å². The molecule has 0 atom stereocenters. The molecule has 0 fully saturated rings. The predicted molar refractivity (Wildman–Crippen MR) is 66.5 cm³/mol. The number of benzene rings is 1. The van der Waals surface area contributed by atoms with E-state index in [1.54, 1.807) is 0 Å². The topological polar surface area (TPSA) is 56.7 Å². The van der Waals surface area contributed by atoms with Gasteiger partial charge < -0.3 is 5.73 Å². The molecule has 0 aliphatic carbocycles. The van der Waals surface area contributed by atoms with Crippen molar-refractivity contribution in [1.29, 1.82) is 0 Å². The minimum Gasteiger partial charge on any atom is -0.325 e. The lowest BCUT2D eigenvalue weighted by molar-refractivity contribution is -0.137. The summed E-state index contributed by atoms with van der Waals surface area (Å²) in [7, 11) is 0.